The van der Waals surface area contributed by atoms with Gasteiger partial charge in [-0.1, -0.05) is 25.0 Å². The Morgan fingerprint density at radius 3 is 2.75 bits per heavy atom. The van der Waals surface area contributed by atoms with Gasteiger partial charge >= 0.3 is 0 Å². The summed E-state index contributed by atoms with van der Waals surface area (Å²) in [4.78, 5) is 8.69. The Kier molecular flexibility index (Phi) is 4.11. The van der Waals surface area contributed by atoms with Crippen LogP contribution in [0.2, 0.25) is 0 Å². The van der Waals surface area contributed by atoms with Gasteiger partial charge in [-0.3, -0.25) is 0 Å². The molecule has 1 aromatic carbocycles. The van der Waals surface area contributed by atoms with Crippen LogP contribution >= 0.6 is 0 Å². The normalized spacial score (nSPS) is 22.9. The highest BCUT2D eigenvalue weighted by Crippen LogP contribution is 2.30. The lowest BCUT2D eigenvalue weighted by atomic mass is 9.79. The molecule has 4 nitrogen and oxygen atoms in total. The first kappa shape index (κ1) is 13.3. The predicted molar refractivity (Wildman–Crippen MR) is 82.5 cm³/mol. The third kappa shape index (κ3) is 2.75. The Morgan fingerprint density at radius 1 is 1.10 bits per heavy atom. The summed E-state index contributed by atoms with van der Waals surface area (Å²) in [5.41, 5.74) is 6.89. The number of fused-ring (bicyclic) bond motifs is 1. The molecule has 2 aromatic rings. The minimum atomic E-state index is 0.657. The number of aromatic nitrogens is 2. The van der Waals surface area contributed by atoms with E-state index in [0.29, 0.717) is 11.8 Å². The largest absolute Gasteiger partial charge is 0.369 e. The number of benzene rings is 1. The third-order valence-electron chi connectivity index (χ3n) is 4.44. The molecule has 0 aliphatic heterocycles. The van der Waals surface area contributed by atoms with E-state index in [1.807, 2.05) is 18.2 Å². The molecule has 3 rings (SSSR count). The lowest BCUT2D eigenvalue weighted by molar-refractivity contribution is 0.255. The first-order valence-electron chi connectivity index (χ1n) is 7.52. The van der Waals surface area contributed by atoms with Gasteiger partial charge in [0.25, 0.3) is 0 Å². The number of anilines is 1. The molecule has 4 heteroatoms. The molecule has 106 valence electrons. The third-order valence-corrected chi connectivity index (χ3v) is 4.44. The van der Waals surface area contributed by atoms with E-state index in [4.69, 9.17) is 5.73 Å². The number of nitrogens with one attached hydrogen (secondary N) is 1. The number of rotatable bonds is 4. The van der Waals surface area contributed by atoms with E-state index >= 15 is 0 Å². The summed E-state index contributed by atoms with van der Waals surface area (Å²) in [7, 11) is 0. The molecule has 3 N–H and O–H groups in total. The smallest absolute Gasteiger partial charge is 0.137 e. The summed E-state index contributed by atoms with van der Waals surface area (Å²) in [6.45, 7) is 1.76. The van der Waals surface area contributed by atoms with Crippen molar-refractivity contribution in [1.82, 2.24) is 9.97 Å². The molecular formula is C16H22N4. The highest BCUT2D eigenvalue weighted by Gasteiger charge is 2.23. The van der Waals surface area contributed by atoms with Gasteiger partial charge in [0, 0.05) is 11.9 Å². The van der Waals surface area contributed by atoms with Gasteiger partial charge < -0.3 is 11.1 Å². The number of para-hydroxylation sites is 1. The zero-order valence-electron chi connectivity index (χ0n) is 11.8. The van der Waals surface area contributed by atoms with Crippen LogP contribution in [-0.4, -0.2) is 23.1 Å². The zero-order valence-corrected chi connectivity index (χ0v) is 11.8. The van der Waals surface area contributed by atoms with Crippen molar-refractivity contribution in [1.29, 1.82) is 0 Å². The summed E-state index contributed by atoms with van der Waals surface area (Å²) in [5.74, 6) is 2.27. The average molecular weight is 270 g/mol. The minimum absolute atomic E-state index is 0.657. The van der Waals surface area contributed by atoms with Crippen molar-refractivity contribution < 1.29 is 0 Å². The summed E-state index contributed by atoms with van der Waals surface area (Å²) >= 11 is 0. The Bertz CT molecular complexity index is 564. The quantitative estimate of drug-likeness (QED) is 0.896. The van der Waals surface area contributed by atoms with Crippen molar-refractivity contribution >= 4 is 16.7 Å². The summed E-state index contributed by atoms with van der Waals surface area (Å²) in [6.07, 6.45) is 6.83. The topological polar surface area (TPSA) is 63.8 Å². The van der Waals surface area contributed by atoms with E-state index in [0.717, 1.165) is 29.8 Å². The van der Waals surface area contributed by atoms with Crippen LogP contribution in [0.1, 0.15) is 25.7 Å². The van der Waals surface area contributed by atoms with Crippen molar-refractivity contribution in [3.05, 3.63) is 30.6 Å². The molecule has 1 aromatic heterocycles. The molecular weight excluding hydrogens is 248 g/mol. The second kappa shape index (κ2) is 6.18. The molecule has 1 aliphatic rings. The van der Waals surface area contributed by atoms with Crippen LogP contribution < -0.4 is 11.1 Å². The van der Waals surface area contributed by atoms with Crippen molar-refractivity contribution in [2.45, 2.75) is 25.7 Å². The zero-order chi connectivity index (χ0) is 13.8. The number of nitrogens with two attached hydrogens (primary N) is 1. The summed E-state index contributed by atoms with van der Waals surface area (Å²) in [5, 5.41) is 4.61. The molecule has 1 heterocycles. The van der Waals surface area contributed by atoms with Gasteiger partial charge in [0.2, 0.25) is 0 Å². The fourth-order valence-corrected chi connectivity index (χ4v) is 3.24. The van der Waals surface area contributed by atoms with Crippen LogP contribution in [0, 0.1) is 11.8 Å². The van der Waals surface area contributed by atoms with Crippen LogP contribution in [0.15, 0.2) is 30.6 Å². The SMILES string of the molecule is NCC1CCCCC1CNc1ncnc2ccccc12. The van der Waals surface area contributed by atoms with E-state index in [2.05, 4.69) is 21.4 Å². The molecule has 2 atom stereocenters. The summed E-state index contributed by atoms with van der Waals surface area (Å²) < 4.78 is 0. The Morgan fingerprint density at radius 2 is 1.90 bits per heavy atom. The molecule has 1 aliphatic carbocycles. The van der Waals surface area contributed by atoms with Gasteiger partial charge in [0.05, 0.1) is 5.52 Å². The molecule has 0 saturated heterocycles. The molecule has 20 heavy (non-hydrogen) atoms. The second-order valence-electron chi connectivity index (χ2n) is 5.66. The molecule has 0 radical (unpaired) electrons. The first-order valence-corrected chi connectivity index (χ1v) is 7.52. The van der Waals surface area contributed by atoms with Gasteiger partial charge in [0.15, 0.2) is 0 Å². The molecule has 1 fully saturated rings. The number of hydrogen-bond donors (Lipinski definition) is 2. The first-order chi connectivity index (χ1) is 9.88. The van der Waals surface area contributed by atoms with Crippen LogP contribution in [0.4, 0.5) is 5.82 Å². The average Bonchev–Trinajstić information content (AvgIpc) is 2.53. The minimum Gasteiger partial charge on any atom is -0.369 e. The number of hydrogen-bond acceptors (Lipinski definition) is 4. The highest BCUT2D eigenvalue weighted by molar-refractivity contribution is 5.88. The molecule has 0 bridgehead atoms. The van der Waals surface area contributed by atoms with E-state index in [9.17, 15) is 0 Å². The van der Waals surface area contributed by atoms with Gasteiger partial charge in [-0.15, -0.1) is 0 Å². The Labute approximate surface area is 119 Å². The second-order valence-corrected chi connectivity index (χ2v) is 5.66. The van der Waals surface area contributed by atoms with E-state index in [1.165, 1.54) is 25.7 Å². The van der Waals surface area contributed by atoms with Gasteiger partial charge in [-0.25, -0.2) is 9.97 Å². The Hall–Kier alpha value is -1.68. The van der Waals surface area contributed by atoms with Crippen molar-refractivity contribution in [3.63, 3.8) is 0 Å². The fraction of sp³-hybridized carbons (Fsp3) is 0.500. The summed E-state index contributed by atoms with van der Waals surface area (Å²) in [6, 6.07) is 8.12. The maximum absolute atomic E-state index is 5.90. The predicted octanol–water partition coefficient (Wildman–Crippen LogP) is 2.81. The maximum atomic E-state index is 5.90. The lowest BCUT2D eigenvalue weighted by Crippen LogP contribution is -2.31. The van der Waals surface area contributed by atoms with E-state index < -0.39 is 0 Å². The van der Waals surface area contributed by atoms with E-state index in [-0.39, 0.29) is 0 Å². The van der Waals surface area contributed by atoms with Crippen LogP contribution in [0.3, 0.4) is 0 Å². The van der Waals surface area contributed by atoms with Crippen molar-refractivity contribution in [2.75, 3.05) is 18.4 Å². The highest BCUT2D eigenvalue weighted by atomic mass is 15.0. The Balaban J connectivity index is 1.73. The molecule has 2 unspecified atom stereocenters. The van der Waals surface area contributed by atoms with E-state index in [1.54, 1.807) is 6.33 Å². The maximum Gasteiger partial charge on any atom is 0.137 e. The van der Waals surface area contributed by atoms with Crippen molar-refractivity contribution in [3.8, 4) is 0 Å². The van der Waals surface area contributed by atoms with Gasteiger partial charge in [-0.05, 0) is 43.4 Å². The monoisotopic (exact) mass is 270 g/mol. The fourth-order valence-electron chi connectivity index (χ4n) is 3.24. The standard InChI is InChI=1S/C16H22N4/c17-9-12-5-1-2-6-13(12)10-18-16-14-7-3-4-8-15(14)19-11-20-16/h3-4,7-8,11-13H,1-2,5-6,9-10,17H2,(H,18,19,20). The number of nitrogens with zero attached hydrogens (tertiary/aromatic N) is 2. The van der Waals surface area contributed by atoms with Gasteiger partial charge in [0.1, 0.15) is 12.1 Å². The lowest BCUT2D eigenvalue weighted by Gasteiger charge is -2.30. The van der Waals surface area contributed by atoms with Gasteiger partial charge in [-0.2, -0.15) is 0 Å². The molecule has 1 saturated carbocycles. The van der Waals surface area contributed by atoms with Crippen LogP contribution in [0.25, 0.3) is 10.9 Å². The molecule has 0 amide bonds. The van der Waals surface area contributed by atoms with Crippen LogP contribution in [-0.2, 0) is 0 Å². The molecule has 0 spiro atoms. The van der Waals surface area contributed by atoms with Crippen molar-refractivity contribution in [2.24, 2.45) is 17.6 Å². The van der Waals surface area contributed by atoms with Crippen LogP contribution in [0.5, 0.6) is 0 Å².